The Bertz CT molecular complexity index is 1040. The third-order valence-corrected chi connectivity index (χ3v) is 3.96. The van der Waals surface area contributed by atoms with Crippen molar-refractivity contribution >= 4 is 22.1 Å². The number of nitrogens with zero attached hydrogens (tertiary/aromatic N) is 4. The van der Waals surface area contributed by atoms with Crippen LogP contribution in [0, 0.1) is 17.9 Å². The number of nitrogen functional groups attached to an aromatic ring is 1. The van der Waals surface area contributed by atoms with Crippen molar-refractivity contribution in [3.8, 4) is 23.1 Å². The van der Waals surface area contributed by atoms with Gasteiger partial charge in [0.2, 0.25) is 0 Å². The predicted molar refractivity (Wildman–Crippen MR) is 89.8 cm³/mol. The summed E-state index contributed by atoms with van der Waals surface area (Å²) in [5.74, 6) is 6.11. The van der Waals surface area contributed by atoms with Gasteiger partial charge < -0.3 is 5.73 Å². The van der Waals surface area contributed by atoms with E-state index in [1.807, 2.05) is 36.4 Å². The van der Waals surface area contributed by atoms with Gasteiger partial charge in [-0.3, -0.25) is 0 Å². The minimum absolute atomic E-state index is 0.508. The van der Waals surface area contributed by atoms with Crippen molar-refractivity contribution in [1.82, 2.24) is 19.6 Å². The second-order valence-electron chi connectivity index (χ2n) is 4.73. The van der Waals surface area contributed by atoms with Gasteiger partial charge in [-0.1, -0.05) is 35.6 Å². The van der Waals surface area contributed by atoms with Crippen LogP contribution in [0.4, 0.5) is 5.13 Å². The van der Waals surface area contributed by atoms with Crippen LogP contribution >= 0.6 is 11.3 Å². The summed E-state index contributed by atoms with van der Waals surface area (Å²) < 4.78 is 1.74. The van der Waals surface area contributed by atoms with E-state index in [9.17, 15) is 0 Å². The summed E-state index contributed by atoms with van der Waals surface area (Å²) >= 11 is 1.35. The minimum atomic E-state index is 0.508. The van der Waals surface area contributed by atoms with E-state index in [0.717, 1.165) is 27.5 Å². The molecule has 0 saturated heterocycles. The number of thiazole rings is 1. The first-order valence-electron chi connectivity index (χ1n) is 6.84. The molecule has 0 unspecified atom stereocenters. The summed E-state index contributed by atoms with van der Waals surface area (Å²) in [6, 6.07) is 14.5. The van der Waals surface area contributed by atoms with Gasteiger partial charge in [0.05, 0.1) is 23.0 Å². The molecule has 0 aliphatic carbocycles. The van der Waals surface area contributed by atoms with E-state index in [1.165, 1.54) is 11.3 Å². The fourth-order valence-electron chi connectivity index (χ4n) is 2.14. The molecular weight excluding hydrogens is 306 g/mol. The van der Waals surface area contributed by atoms with Gasteiger partial charge in [-0.05, 0) is 30.0 Å². The predicted octanol–water partition coefficient (Wildman–Crippen LogP) is 2.63. The van der Waals surface area contributed by atoms with Crippen molar-refractivity contribution in [3.63, 3.8) is 0 Å². The van der Waals surface area contributed by atoms with Crippen molar-refractivity contribution in [3.05, 3.63) is 65.4 Å². The number of imidazole rings is 1. The van der Waals surface area contributed by atoms with Crippen LogP contribution in [0.2, 0.25) is 0 Å². The molecule has 6 heteroatoms. The number of benzene rings is 1. The number of rotatable bonds is 1. The van der Waals surface area contributed by atoms with Gasteiger partial charge in [0.1, 0.15) is 5.69 Å². The molecule has 0 aliphatic rings. The van der Waals surface area contributed by atoms with Gasteiger partial charge in [-0.25, -0.2) is 14.5 Å². The van der Waals surface area contributed by atoms with Crippen LogP contribution in [0.3, 0.4) is 0 Å². The topological polar surface area (TPSA) is 69.1 Å². The molecule has 1 aromatic carbocycles. The van der Waals surface area contributed by atoms with Crippen molar-refractivity contribution < 1.29 is 0 Å². The highest BCUT2D eigenvalue weighted by molar-refractivity contribution is 7.15. The van der Waals surface area contributed by atoms with Crippen molar-refractivity contribution in [2.75, 3.05) is 5.73 Å². The summed E-state index contributed by atoms with van der Waals surface area (Å²) in [7, 11) is 0. The number of nitrogens with two attached hydrogens (primary N) is 1. The smallest absolute Gasteiger partial charge is 0.181 e. The van der Waals surface area contributed by atoms with Crippen LogP contribution in [0.5, 0.6) is 0 Å². The largest absolute Gasteiger partial charge is 0.375 e. The molecule has 0 spiro atoms. The van der Waals surface area contributed by atoms with Crippen LogP contribution in [-0.4, -0.2) is 19.6 Å². The summed E-state index contributed by atoms with van der Waals surface area (Å²) in [6.45, 7) is 0. The number of anilines is 1. The molecule has 0 amide bonds. The van der Waals surface area contributed by atoms with E-state index >= 15 is 0 Å². The average molecular weight is 316 g/mol. The number of hydrogen-bond acceptors (Lipinski definition) is 5. The minimum Gasteiger partial charge on any atom is -0.375 e. The highest BCUT2D eigenvalue weighted by atomic mass is 32.1. The molecule has 4 rings (SSSR count). The summed E-state index contributed by atoms with van der Waals surface area (Å²) in [6.07, 6.45) is 3.37. The second kappa shape index (κ2) is 5.55. The second-order valence-corrected chi connectivity index (χ2v) is 5.80. The van der Waals surface area contributed by atoms with E-state index in [0.29, 0.717) is 5.13 Å². The molecule has 0 saturated carbocycles. The van der Waals surface area contributed by atoms with Gasteiger partial charge in [0.25, 0.3) is 0 Å². The monoisotopic (exact) mass is 316 g/mol. The molecule has 0 atom stereocenters. The van der Waals surface area contributed by atoms with Gasteiger partial charge in [0.15, 0.2) is 10.8 Å². The molecule has 3 heterocycles. The number of fused-ring (bicyclic) bond motifs is 1. The zero-order valence-electron chi connectivity index (χ0n) is 11.9. The van der Waals surface area contributed by atoms with Gasteiger partial charge in [-0.15, -0.1) is 0 Å². The molecule has 23 heavy (non-hydrogen) atoms. The van der Waals surface area contributed by atoms with Crippen molar-refractivity contribution in [1.29, 1.82) is 0 Å². The van der Waals surface area contributed by atoms with E-state index in [-0.39, 0.29) is 0 Å². The van der Waals surface area contributed by atoms with Crippen LogP contribution in [0.15, 0.2) is 48.8 Å². The lowest BCUT2D eigenvalue weighted by Crippen LogP contribution is -1.96. The SMILES string of the molecule is Nc1ncc(C#Cc2cnc3ccc(-c4cc[c]cc4)nn23)s1. The molecule has 0 fully saturated rings. The van der Waals surface area contributed by atoms with Crippen LogP contribution in [0.1, 0.15) is 10.6 Å². The van der Waals surface area contributed by atoms with Crippen LogP contribution in [0.25, 0.3) is 16.9 Å². The summed E-state index contributed by atoms with van der Waals surface area (Å²) in [5.41, 5.74) is 8.96. The highest BCUT2D eigenvalue weighted by Crippen LogP contribution is 2.17. The Morgan fingerprint density at radius 2 is 1.91 bits per heavy atom. The Morgan fingerprint density at radius 3 is 2.70 bits per heavy atom. The Hall–Kier alpha value is -3.17. The summed E-state index contributed by atoms with van der Waals surface area (Å²) in [4.78, 5) is 9.12. The van der Waals surface area contributed by atoms with E-state index in [2.05, 4.69) is 33.0 Å². The lowest BCUT2D eigenvalue weighted by molar-refractivity contribution is 0.930. The Labute approximate surface area is 136 Å². The molecule has 0 bridgehead atoms. The average Bonchev–Trinajstić information content (AvgIpc) is 3.19. The van der Waals surface area contributed by atoms with E-state index in [1.54, 1.807) is 16.9 Å². The first kappa shape index (κ1) is 13.5. The maximum absolute atomic E-state index is 5.61. The molecule has 0 aliphatic heterocycles. The zero-order valence-corrected chi connectivity index (χ0v) is 12.7. The van der Waals surface area contributed by atoms with Crippen LogP contribution in [-0.2, 0) is 0 Å². The Balaban J connectivity index is 1.78. The Morgan fingerprint density at radius 1 is 1.04 bits per heavy atom. The lowest BCUT2D eigenvalue weighted by Gasteiger charge is -2.01. The number of hydrogen-bond donors (Lipinski definition) is 1. The molecule has 2 N–H and O–H groups in total. The van der Waals surface area contributed by atoms with Gasteiger partial charge >= 0.3 is 0 Å². The molecule has 5 nitrogen and oxygen atoms in total. The van der Waals surface area contributed by atoms with Crippen molar-refractivity contribution in [2.45, 2.75) is 0 Å². The van der Waals surface area contributed by atoms with Crippen LogP contribution < -0.4 is 5.73 Å². The standard InChI is InChI=1S/C17H10N5S/c18-17-20-11-14(23-17)7-6-13-10-19-16-9-8-15(21-22(13)16)12-4-2-1-3-5-12/h2-5,8-11H,(H2,18,20). The third-order valence-electron chi connectivity index (χ3n) is 3.21. The van der Waals surface area contributed by atoms with Gasteiger partial charge in [0, 0.05) is 5.56 Å². The van der Waals surface area contributed by atoms with Crippen molar-refractivity contribution in [2.24, 2.45) is 0 Å². The molecule has 3 aromatic heterocycles. The lowest BCUT2D eigenvalue weighted by atomic mass is 10.1. The quantitative estimate of drug-likeness (QED) is 0.548. The normalized spacial score (nSPS) is 10.4. The molecule has 4 aromatic rings. The fraction of sp³-hybridized carbons (Fsp3) is 0. The summed E-state index contributed by atoms with van der Waals surface area (Å²) in [5, 5.41) is 5.13. The maximum atomic E-state index is 5.61. The maximum Gasteiger partial charge on any atom is 0.181 e. The van der Waals surface area contributed by atoms with E-state index in [4.69, 9.17) is 5.73 Å². The first-order valence-corrected chi connectivity index (χ1v) is 7.66. The first-order chi connectivity index (χ1) is 11.3. The molecule has 1 radical (unpaired) electrons. The third kappa shape index (κ3) is 2.65. The Kier molecular flexibility index (Phi) is 3.26. The molecule has 109 valence electrons. The van der Waals surface area contributed by atoms with E-state index < -0.39 is 0 Å². The highest BCUT2D eigenvalue weighted by Gasteiger charge is 2.05. The zero-order chi connectivity index (χ0) is 15.6. The molecular formula is C17H10N5S. The van der Waals surface area contributed by atoms with Gasteiger partial charge in [-0.2, -0.15) is 5.10 Å². The fourth-order valence-corrected chi connectivity index (χ4v) is 2.68. The number of aromatic nitrogens is 4.